The Morgan fingerprint density at radius 3 is 1.56 bits per heavy atom. The first kappa shape index (κ1) is 23.1. The number of hydrogen-bond acceptors (Lipinski definition) is 0. The fourth-order valence-corrected chi connectivity index (χ4v) is 3.53. The highest BCUT2D eigenvalue weighted by Gasteiger charge is 2.30. The first-order valence-corrected chi connectivity index (χ1v) is 7.74. The van der Waals surface area contributed by atoms with E-state index < -0.39 is 0 Å². The van der Waals surface area contributed by atoms with Gasteiger partial charge < -0.3 is 0 Å². The molecule has 0 amide bonds. The van der Waals surface area contributed by atoms with Gasteiger partial charge in [-0.1, -0.05) is 69.2 Å². The van der Waals surface area contributed by atoms with Crippen LogP contribution in [0.1, 0.15) is 94.9 Å². The van der Waals surface area contributed by atoms with Gasteiger partial charge in [-0.3, -0.25) is 0 Å². The second kappa shape index (κ2) is 13.4. The number of fused-ring (bicyclic) bond motifs is 2. The molecule has 0 nitrogen and oxygen atoms in total. The molecule has 2 fully saturated rings. The molecule has 0 N–H and O–H groups in total. The Balaban J connectivity index is -0.000000344. The molecule has 0 aromatic carbocycles. The summed E-state index contributed by atoms with van der Waals surface area (Å²) in [5.74, 6) is 4.24. The first-order valence-electron chi connectivity index (χ1n) is 7.74. The third-order valence-corrected chi connectivity index (χ3v) is 3.94. The van der Waals surface area contributed by atoms with Crippen LogP contribution in [0.25, 0.3) is 0 Å². The summed E-state index contributed by atoms with van der Waals surface area (Å²) in [6.45, 7) is 12.9. The van der Waals surface area contributed by atoms with E-state index in [-0.39, 0.29) is 14.9 Å². The quantitative estimate of drug-likeness (QED) is 0.431. The molecule has 0 spiro atoms. The second-order valence-electron chi connectivity index (χ2n) is 5.46. The fourth-order valence-electron chi connectivity index (χ4n) is 3.53. The van der Waals surface area contributed by atoms with Crippen LogP contribution in [0, 0.1) is 23.7 Å². The summed E-state index contributed by atoms with van der Waals surface area (Å²) in [5.41, 5.74) is 0. The normalized spacial score (nSPS) is 33.0. The molecule has 4 unspecified atom stereocenters. The Morgan fingerprint density at radius 1 is 0.556 bits per heavy atom. The summed E-state index contributed by atoms with van der Waals surface area (Å²) in [4.78, 5) is 0. The third kappa shape index (κ3) is 8.16. The lowest BCUT2D eigenvalue weighted by molar-refractivity contribution is 0.206. The van der Waals surface area contributed by atoms with Gasteiger partial charge in [0, 0.05) is 0 Å². The van der Waals surface area contributed by atoms with Gasteiger partial charge in [0.05, 0.1) is 0 Å². The molecule has 114 valence electrons. The van der Waals surface area contributed by atoms with Crippen LogP contribution < -0.4 is 0 Å². The van der Waals surface area contributed by atoms with Crippen molar-refractivity contribution >= 4 is 0 Å². The molecular formula is C18H42. The Kier molecular flexibility index (Phi) is 17.3. The molecule has 18 heavy (non-hydrogen) atoms. The molecule has 0 aromatic rings. The average molecular weight is 259 g/mol. The Hall–Kier alpha value is 0. The van der Waals surface area contributed by atoms with Crippen molar-refractivity contribution in [1.82, 2.24) is 0 Å². The molecule has 0 radical (unpaired) electrons. The van der Waals surface area contributed by atoms with Crippen molar-refractivity contribution < 1.29 is 0 Å². The highest BCUT2D eigenvalue weighted by Crippen LogP contribution is 2.42. The van der Waals surface area contributed by atoms with Crippen LogP contribution in [0.4, 0.5) is 0 Å². The number of hydrogen-bond donors (Lipinski definition) is 0. The van der Waals surface area contributed by atoms with Crippen molar-refractivity contribution in [2.24, 2.45) is 23.7 Å². The van der Waals surface area contributed by atoms with Crippen molar-refractivity contribution in [2.75, 3.05) is 0 Å². The minimum absolute atomic E-state index is 0. The lowest BCUT2D eigenvalue weighted by Crippen LogP contribution is -2.19. The summed E-state index contributed by atoms with van der Waals surface area (Å²) in [7, 11) is 0. The van der Waals surface area contributed by atoms with E-state index in [1.165, 1.54) is 32.1 Å². The fraction of sp³-hybridized carbons (Fsp3) is 1.00. The molecule has 2 aliphatic rings. The van der Waals surface area contributed by atoms with Crippen molar-refractivity contribution in [2.45, 2.75) is 94.9 Å². The average Bonchev–Trinajstić information content (AvgIpc) is 2.43. The van der Waals surface area contributed by atoms with Crippen LogP contribution in [0.2, 0.25) is 0 Å². The topological polar surface area (TPSA) is 0 Å². The lowest BCUT2D eigenvalue weighted by Gasteiger charge is -2.31. The maximum Gasteiger partial charge on any atom is -0.0407 e. The van der Waals surface area contributed by atoms with E-state index in [9.17, 15) is 0 Å². The predicted molar refractivity (Wildman–Crippen MR) is 89.2 cm³/mol. The maximum absolute atomic E-state index is 2.45. The van der Waals surface area contributed by atoms with Crippen molar-refractivity contribution in [3.8, 4) is 0 Å². The SMILES string of the molecule is C.C.CC.CC.CC1CCC2CC(C)CC(C1)C2. The van der Waals surface area contributed by atoms with Gasteiger partial charge in [-0.2, -0.15) is 0 Å². The second-order valence-corrected chi connectivity index (χ2v) is 5.46. The van der Waals surface area contributed by atoms with Crippen molar-refractivity contribution in [1.29, 1.82) is 0 Å². The van der Waals surface area contributed by atoms with Crippen LogP contribution in [-0.2, 0) is 0 Å². The van der Waals surface area contributed by atoms with Gasteiger partial charge in [0.2, 0.25) is 0 Å². The molecule has 0 aliphatic heterocycles. The van der Waals surface area contributed by atoms with Crippen LogP contribution in [0.3, 0.4) is 0 Å². The summed E-state index contributed by atoms with van der Waals surface area (Å²) >= 11 is 0. The van der Waals surface area contributed by atoms with E-state index in [0.29, 0.717) is 0 Å². The van der Waals surface area contributed by atoms with Crippen molar-refractivity contribution in [3.63, 3.8) is 0 Å². The van der Waals surface area contributed by atoms with Gasteiger partial charge in [0.1, 0.15) is 0 Å². The first-order chi connectivity index (χ1) is 7.74. The zero-order valence-corrected chi connectivity index (χ0v) is 12.6. The molecule has 0 saturated heterocycles. The van der Waals surface area contributed by atoms with E-state index in [1.54, 1.807) is 6.42 Å². The number of rotatable bonds is 0. The molecule has 2 bridgehead atoms. The zero-order valence-electron chi connectivity index (χ0n) is 12.6. The Morgan fingerprint density at radius 2 is 1.00 bits per heavy atom. The Bertz CT molecular complexity index is 148. The molecule has 0 aromatic heterocycles. The van der Waals surface area contributed by atoms with E-state index in [1.807, 2.05) is 27.7 Å². The van der Waals surface area contributed by atoms with Gasteiger partial charge in [0.15, 0.2) is 0 Å². The smallest absolute Gasteiger partial charge is 0.0407 e. The van der Waals surface area contributed by atoms with Gasteiger partial charge in [-0.15, -0.1) is 0 Å². The summed E-state index contributed by atoms with van der Waals surface area (Å²) in [6.07, 6.45) is 9.19. The highest BCUT2D eigenvalue weighted by molar-refractivity contribution is 4.81. The van der Waals surface area contributed by atoms with Crippen LogP contribution in [0.15, 0.2) is 0 Å². The van der Waals surface area contributed by atoms with Crippen LogP contribution in [0.5, 0.6) is 0 Å². The maximum atomic E-state index is 2.45. The summed E-state index contributed by atoms with van der Waals surface area (Å²) in [6, 6.07) is 0. The van der Waals surface area contributed by atoms with Gasteiger partial charge in [-0.25, -0.2) is 0 Å². The third-order valence-electron chi connectivity index (χ3n) is 3.94. The molecule has 0 heterocycles. The van der Waals surface area contributed by atoms with E-state index in [2.05, 4.69) is 13.8 Å². The van der Waals surface area contributed by atoms with Crippen LogP contribution in [-0.4, -0.2) is 0 Å². The van der Waals surface area contributed by atoms with E-state index >= 15 is 0 Å². The van der Waals surface area contributed by atoms with Gasteiger partial charge in [-0.05, 0) is 49.4 Å². The summed E-state index contributed by atoms with van der Waals surface area (Å²) < 4.78 is 0. The molecular weight excluding hydrogens is 216 g/mol. The van der Waals surface area contributed by atoms with Crippen LogP contribution >= 0.6 is 0 Å². The Labute approximate surface area is 119 Å². The largest absolute Gasteiger partial charge is 0.0776 e. The zero-order chi connectivity index (χ0) is 12.6. The minimum Gasteiger partial charge on any atom is -0.0776 e. The molecule has 0 heteroatoms. The summed E-state index contributed by atoms with van der Waals surface area (Å²) in [5, 5.41) is 0. The molecule has 2 aliphatic carbocycles. The van der Waals surface area contributed by atoms with Gasteiger partial charge in [0.25, 0.3) is 0 Å². The van der Waals surface area contributed by atoms with Gasteiger partial charge >= 0.3 is 0 Å². The molecule has 2 saturated carbocycles. The lowest BCUT2D eigenvalue weighted by atomic mass is 9.75. The standard InChI is InChI=1S/C12H22.2C2H6.2CH4/c1-9-3-4-11-6-10(2)7-12(5-9)8-11;2*1-2;;/h9-12H,3-8H2,1-2H3;2*1-2H3;2*1H4. The monoisotopic (exact) mass is 258 g/mol. The molecule has 4 atom stereocenters. The molecule has 2 rings (SSSR count). The van der Waals surface area contributed by atoms with E-state index in [0.717, 1.165) is 23.7 Å². The minimum atomic E-state index is 0. The predicted octanol–water partition coefficient (Wildman–Crippen LogP) is 7.18. The van der Waals surface area contributed by atoms with E-state index in [4.69, 9.17) is 0 Å². The van der Waals surface area contributed by atoms with Crippen molar-refractivity contribution in [3.05, 3.63) is 0 Å². The highest BCUT2D eigenvalue weighted by atomic mass is 14.4.